The number of rotatable bonds is 6. The van der Waals surface area contributed by atoms with E-state index in [-0.39, 0.29) is 0 Å². The van der Waals surface area contributed by atoms with Gasteiger partial charge >= 0.3 is 12.1 Å². The van der Waals surface area contributed by atoms with Crippen molar-refractivity contribution in [3.05, 3.63) is 0 Å². The third kappa shape index (κ3) is 10.0. The smallest absolute Gasteiger partial charge is 0.389 e. The number of hydrogen-bond acceptors (Lipinski definition) is 4. The van der Waals surface area contributed by atoms with E-state index in [1.165, 1.54) is 6.92 Å². The second kappa shape index (κ2) is 6.75. The number of nitrogens with one attached hydrogen (secondary N) is 1. The van der Waals surface area contributed by atoms with Gasteiger partial charge in [-0.3, -0.25) is 4.79 Å². The quantitative estimate of drug-likeness (QED) is 0.760. The van der Waals surface area contributed by atoms with Crippen molar-refractivity contribution in [2.75, 3.05) is 5.75 Å². The normalized spacial score (nSPS) is 14.9. The Bertz CT molecular complexity index is 426. The van der Waals surface area contributed by atoms with E-state index < -0.39 is 52.4 Å². The van der Waals surface area contributed by atoms with Crippen LogP contribution < -0.4 is 4.72 Å². The molecular weight excluding hydrogens is 299 g/mol. The fraction of sp³-hybridized carbons (Fsp3) is 0.909. The molecule has 0 aliphatic carbocycles. The van der Waals surface area contributed by atoms with Gasteiger partial charge in [-0.15, -0.1) is 0 Å². The zero-order chi connectivity index (χ0) is 16.2. The first-order valence-electron chi connectivity index (χ1n) is 6.01. The lowest BCUT2D eigenvalue weighted by Crippen LogP contribution is -2.43. The van der Waals surface area contributed by atoms with Gasteiger partial charge in [-0.05, 0) is 34.1 Å². The molecule has 0 aromatic heterocycles. The molecule has 1 N–H and O–H groups in total. The van der Waals surface area contributed by atoms with Gasteiger partial charge in [0.15, 0.2) is 0 Å². The van der Waals surface area contributed by atoms with Crippen molar-refractivity contribution in [2.24, 2.45) is 0 Å². The van der Waals surface area contributed by atoms with Crippen molar-refractivity contribution in [2.45, 2.75) is 58.4 Å². The van der Waals surface area contributed by atoms with Crippen LogP contribution >= 0.6 is 0 Å². The molecule has 0 aromatic rings. The molecule has 0 aliphatic rings. The van der Waals surface area contributed by atoms with Gasteiger partial charge in [0.1, 0.15) is 11.6 Å². The van der Waals surface area contributed by atoms with Gasteiger partial charge in [0.25, 0.3) is 0 Å². The average Bonchev–Trinajstić information content (AvgIpc) is 2.10. The number of hydrogen-bond donors (Lipinski definition) is 1. The second-order valence-corrected chi connectivity index (χ2v) is 7.28. The molecule has 0 rings (SSSR count). The number of carbonyl (C=O) groups excluding carboxylic acids is 1. The van der Waals surface area contributed by atoms with E-state index >= 15 is 0 Å². The minimum atomic E-state index is -4.40. The second-order valence-electron chi connectivity index (χ2n) is 5.41. The van der Waals surface area contributed by atoms with Crippen LogP contribution in [0.4, 0.5) is 13.2 Å². The number of esters is 1. The summed E-state index contributed by atoms with van der Waals surface area (Å²) in [6.07, 6.45) is -6.14. The lowest BCUT2D eigenvalue weighted by molar-refractivity contribution is -0.156. The van der Waals surface area contributed by atoms with Gasteiger partial charge in [-0.2, -0.15) is 13.2 Å². The van der Waals surface area contributed by atoms with Crippen LogP contribution in [0.25, 0.3) is 0 Å². The standard InChI is InChI=1S/C11H20F3NO4S/c1-8(9(16)19-10(2,3)4)15-20(17,18)7-5-6-11(12,13)14/h8,15H,5-7H2,1-4H3/t8-/m0/s1. The predicted octanol–water partition coefficient (Wildman–Crippen LogP) is 1.98. The van der Waals surface area contributed by atoms with E-state index in [1.54, 1.807) is 20.8 Å². The SMILES string of the molecule is C[C@H](NS(=O)(=O)CCCC(F)(F)F)C(=O)OC(C)(C)C. The zero-order valence-electron chi connectivity index (χ0n) is 11.9. The highest BCUT2D eigenvalue weighted by molar-refractivity contribution is 7.89. The van der Waals surface area contributed by atoms with Crippen molar-refractivity contribution >= 4 is 16.0 Å². The summed E-state index contributed by atoms with van der Waals surface area (Å²) in [4.78, 5) is 11.5. The zero-order valence-corrected chi connectivity index (χ0v) is 12.7. The van der Waals surface area contributed by atoms with Gasteiger partial charge in [0.05, 0.1) is 5.75 Å². The molecule has 0 bridgehead atoms. The van der Waals surface area contributed by atoms with Crippen molar-refractivity contribution in [1.29, 1.82) is 0 Å². The average molecular weight is 319 g/mol. The van der Waals surface area contributed by atoms with Gasteiger partial charge in [-0.25, -0.2) is 13.1 Å². The third-order valence-corrected chi connectivity index (χ3v) is 3.53. The molecule has 0 unspecified atom stereocenters. The molecule has 0 heterocycles. The molecule has 120 valence electrons. The predicted molar refractivity (Wildman–Crippen MR) is 67.5 cm³/mol. The summed E-state index contributed by atoms with van der Waals surface area (Å²) in [7, 11) is -3.95. The third-order valence-electron chi connectivity index (χ3n) is 1.99. The number of alkyl halides is 3. The van der Waals surface area contributed by atoms with Crippen molar-refractivity contribution in [3.63, 3.8) is 0 Å². The number of sulfonamides is 1. The summed E-state index contributed by atoms with van der Waals surface area (Å²) in [6, 6.07) is -1.15. The molecule has 0 aliphatic heterocycles. The number of carbonyl (C=O) groups is 1. The summed E-state index contributed by atoms with van der Waals surface area (Å²) >= 11 is 0. The van der Waals surface area contributed by atoms with E-state index in [1.807, 2.05) is 4.72 Å². The largest absolute Gasteiger partial charge is 0.459 e. The summed E-state index contributed by atoms with van der Waals surface area (Å²) in [6.45, 7) is 6.13. The molecule has 5 nitrogen and oxygen atoms in total. The van der Waals surface area contributed by atoms with Crippen LogP contribution in [-0.2, 0) is 19.6 Å². The van der Waals surface area contributed by atoms with E-state index in [2.05, 4.69) is 0 Å². The molecule has 0 radical (unpaired) electrons. The summed E-state index contributed by atoms with van der Waals surface area (Å²) < 4.78 is 65.7. The van der Waals surface area contributed by atoms with E-state index in [0.717, 1.165) is 0 Å². The highest BCUT2D eigenvalue weighted by Crippen LogP contribution is 2.21. The fourth-order valence-electron chi connectivity index (χ4n) is 1.23. The molecule has 20 heavy (non-hydrogen) atoms. The maximum Gasteiger partial charge on any atom is 0.389 e. The minimum Gasteiger partial charge on any atom is -0.459 e. The van der Waals surface area contributed by atoms with E-state index in [4.69, 9.17) is 4.74 Å². The molecule has 0 aromatic carbocycles. The van der Waals surface area contributed by atoms with E-state index in [0.29, 0.717) is 0 Å². The first-order chi connectivity index (χ1) is 8.72. The Kier molecular flexibility index (Phi) is 6.47. The Morgan fingerprint density at radius 1 is 1.25 bits per heavy atom. The topological polar surface area (TPSA) is 72.5 Å². The van der Waals surface area contributed by atoms with Crippen LogP contribution in [0.2, 0.25) is 0 Å². The maximum absolute atomic E-state index is 11.9. The van der Waals surface area contributed by atoms with Crippen LogP contribution in [-0.4, -0.2) is 38.0 Å². The van der Waals surface area contributed by atoms with Gasteiger partial charge in [-0.1, -0.05) is 0 Å². The van der Waals surface area contributed by atoms with Gasteiger partial charge in [0, 0.05) is 6.42 Å². The van der Waals surface area contributed by atoms with Gasteiger partial charge < -0.3 is 4.74 Å². The highest BCUT2D eigenvalue weighted by atomic mass is 32.2. The van der Waals surface area contributed by atoms with Gasteiger partial charge in [0.2, 0.25) is 10.0 Å². The molecule has 0 saturated heterocycles. The van der Waals surface area contributed by atoms with Crippen LogP contribution in [0.15, 0.2) is 0 Å². The summed E-state index contributed by atoms with van der Waals surface area (Å²) in [5.74, 6) is -1.48. The van der Waals surface area contributed by atoms with Crippen LogP contribution in [0, 0.1) is 0 Å². The molecule has 0 spiro atoms. The molecule has 0 fully saturated rings. The monoisotopic (exact) mass is 319 g/mol. The molecule has 9 heteroatoms. The molecule has 1 atom stereocenters. The van der Waals surface area contributed by atoms with Crippen LogP contribution in [0.5, 0.6) is 0 Å². The fourth-order valence-corrected chi connectivity index (χ4v) is 2.51. The summed E-state index contributed by atoms with van der Waals surface area (Å²) in [5.41, 5.74) is -0.771. The Morgan fingerprint density at radius 3 is 2.15 bits per heavy atom. The summed E-state index contributed by atoms with van der Waals surface area (Å²) in [5, 5.41) is 0. The Morgan fingerprint density at radius 2 is 1.75 bits per heavy atom. The highest BCUT2D eigenvalue weighted by Gasteiger charge is 2.29. The molecule has 0 saturated carbocycles. The Hall–Kier alpha value is -0.830. The Labute approximate surface area is 116 Å². The first-order valence-corrected chi connectivity index (χ1v) is 7.67. The minimum absolute atomic E-state index is 0.556. The maximum atomic E-state index is 11.9. The molecular formula is C11H20F3NO4S. The first kappa shape index (κ1) is 19.2. The van der Waals surface area contributed by atoms with Crippen molar-refractivity contribution in [3.8, 4) is 0 Å². The number of ether oxygens (including phenoxy) is 1. The van der Waals surface area contributed by atoms with Crippen molar-refractivity contribution < 1.29 is 31.1 Å². The molecule has 0 amide bonds. The Balaban J connectivity index is 4.36. The lowest BCUT2D eigenvalue weighted by Gasteiger charge is -2.22. The van der Waals surface area contributed by atoms with Crippen LogP contribution in [0.3, 0.4) is 0 Å². The number of halogens is 3. The van der Waals surface area contributed by atoms with Crippen LogP contribution in [0.1, 0.15) is 40.5 Å². The lowest BCUT2D eigenvalue weighted by atomic mass is 10.2. The van der Waals surface area contributed by atoms with E-state index in [9.17, 15) is 26.4 Å². The van der Waals surface area contributed by atoms with Crippen molar-refractivity contribution in [1.82, 2.24) is 4.72 Å².